The summed E-state index contributed by atoms with van der Waals surface area (Å²) in [6.45, 7) is 2.83. The van der Waals surface area contributed by atoms with E-state index in [1.54, 1.807) is 0 Å². The van der Waals surface area contributed by atoms with Gasteiger partial charge in [-0.2, -0.15) is 0 Å². The third-order valence-electron chi connectivity index (χ3n) is 5.82. The second-order valence-corrected chi connectivity index (χ2v) is 7.76. The van der Waals surface area contributed by atoms with Crippen molar-refractivity contribution in [3.63, 3.8) is 0 Å². The van der Waals surface area contributed by atoms with Gasteiger partial charge in [0.1, 0.15) is 36.1 Å². The van der Waals surface area contributed by atoms with E-state index in [2.05, 4.69) is 24.8 Å². The van der Waals surface area contributed by atoms with Crippen LogP contribution < -0.4 is 9.64 Å². The quantitative estimate of drug-likeness (QED) is 0.480. The number of anilines is 1. The van der Waals surface area contributed by atoms with Crippen LogP contribution in [0.1, 0.15) is 17.4 Å². The normalized spacial score (nSPS) is 14.9. The van der Waals surface area contributed by atoms with Crippen LogP contribution in [-0.2, 0) is 4.74 Å². The number of benzene rings is 2. The maximum absolute atomic E-state index is 15.0. The Balaban J connectivity index is 1.59. The number of aromatic nitrogens is 4. The van der Waals surface area contributed by atoms with Gasteiger partial charge >= 0.3 is 0 Å². The monoisotopic (exact) mass is 465 g/mol. The first-order valence-electron chi connectivity index (χ1n) is 10.7. The van der Waals surface area contributed by atoms with Crippen LogP contribution in [0.3, 0.4) is 0 Å². The van der Waals surface area contributed by atoms with Crippen LogP contribution in [0.15, 0.2) is 49.2 Å². The Morgan fingerprint density at radius 2 is 1.85 bits per heavy atom. The highest BCUT2D eigenvalue weighted by Gasteiger charge is 2.24. The molecule has 34 heavy (non-hydrogen) atoms. The number of aliphatic hydroxyl groups excluding tert-OH is 1. The Morgan fingerprint density at radius 3 is 2.65 bits per heavy atom. The highest BCUT2D eigenvalue weighted by Crippen LogP contribution is 2.35. The van der Waals surface area contributed by atoms with Gasteiger partial charge in [0.25, 0.3) is 0 Å². The van der Waals surface area contributed by atoms with E-state index in [1.165, 1.54) is 32.0 Å². The largest absolute Gasteiger partial charge is 0.493 e. The van der Waals surface area contributed by atoms with Crippen molar-refractivity contribution in [2.45, 2.75) is 6.10 Å². The van der Waals surface area contributed by atoms with E-state index in [1.807, 2.05) is 18.2 Å². The first kappa shape index (κ1) is 22.1. The number of ether oxygens (including phenoxy) is 2. The molecule has 10 heteroatoms. The lowest BCUT2D eigenvalue weighted by Crippen LogP contribution is -2.36. The summed E-state index contributed by atoms with van der Waals surface area (Å²) in [5.74, 6) is -1.54. The standard InChI is InChI=1S/C24H21F2N5O3/c1-33-21-11-27-12-29-23(21)24(32)17-9-16(18(25)10-19(17)26)22-15-3-2-14(8-20(15)28-13-30-22)31-4-6-34-7-5-31/h2-3,8-13,24,32H,4-7H2,1H3. The summed E-state index contributed by atoms with van der Waals surface area (Å²) in [6, 6.07) is 7.63. The average molecular weight is 465 g/mol. The first-order chi connectivity index (χ1) is 16.6. The molecule has 0 bridgehead atoms. The van der Waals surface area contributed by atoms with Crippen LogP contribution in [0.25, 0.3) is 22.2 Å². The zero-order chi connectivity index (χ0) is 23.7. The predicted molar refractivity (Wildman–Crippen MR) is 121 cm³/mol. The zero-order valence-electron chi connectivity index (χ0n) is 18.3. The van der Waals surface area contributed by atoms with Crippen molar-refractivity contribution in [1.82, 2.24) is 19.9 Å². The van der Waals surface area contributed by atoms with E-state index < -0.39 is 17.7 Å². The predicted octanol–water partition coefficient (Wildman–Crippen LogP) is 3.29. The average Bonchev–Trinajstić information content (AvgIpc) is 2.88. The van der Waals surface area contributed by atoms with Gasteiger partial charge in [0.05, 0.1) is 37.7 Å². The molecule has 0 aliphatic carbocycles. The lowest BCUT2D eigenvalue weighted by molar-refractivity contribution is 0.122. The van der Waals surface area contributed by atoms with Gasteiger partial charge in [-0.15, -0.1) is 0 Å². The molecule has 1 atom stereocenters. The van der Waals surface area contributed by atoms with E-state index in [4.69, 9.17) is 9.47 Å². The molecule has 3 heterocycles. The van der Waals surface area contributed by atoms with Gasteiger partial charge < -0.3 is 19.5 Å². The van der Waals surface area contributed by atoms with E-state index in [-0.39, 0.29) is 22.6 Å². The van der Waals surface area contributed by atoms with Crippen LogP contribution in [0.4, 0.5) is 14.5 Å². The Bertz CT molecular complexity index is 1350. The number of halogens is 2. The molecule has 8 nitrogen and oxygen atoms in total. The van der Waals surface area contributed by atoms with Crippen molar-refractivity contribution in [3.05, 3.63) is 72.1 Å². The number of hydrogen-bond acceptors (Lipinski definition) is 8. The molecule has 5 rings (SSSR count). The Kier molecular flexibility index (Phi) is 5.99. The molecular weight excluding hydrogens is 444 g/mol. The Hall–Kier alpha value is -3.76. The van der Waals surface area contributed by atoms with Crippen LogP contribution in [-0.4, -0.2) is 58.5 Å². The molecule has 4 aromatic rings. The number of aliphatic hydroxyl groups is 1. The van der Waals surface area contributed by atoms with Gasteiger partial charge in [-0.05, 0) is 24.3 Å². The molecule has 1 aliphatic rings. The maximum Gasteiger partial charge on any atom is 0.161 e. The molecule has 0 amide bonds. The third kappa shape index (κ3) is 4.02. The fourth-order valence-electron chi connectivity index (χ4n) is 4.07. The summed E-state index contributed by atoms with van der Waals surface area (Å²) in [5.41, 5.74) is 1.83. The molecule has 1 unspecified atom stereocenters. The van der Waals surface area contributed by atoms with Crippen molar-refractivity contribution < 1.29 is 23.4 Å². The van der Waals surface area contributed by atoms with Crippen LogP contribution in [0.5, 0.6) is 5.75 Å². The molecule has 1 saturated heterocycles. The molecular formula is C24H21F2N5O3. The Morgan fingerprint density at radius 1 is 1.03 bits per heavy atom. The summed E-state index contributed by atoms with van der Waals surface area (Å²) in [7, 11) is 1.39. The van der Waals surface area contributed by atoms with Crippen molar-refractivity contribution in [2.24, 2.45) is 0 Å². The molecule has 2 aromatic carbocycles. The minimum atomic E-state index is -1.50. The second kappa shape index (κ2) is 9.24. The van der Waals surface area contributed by atoms with E-state index in [0.29, 0.717) is 29.8 Å². The van der Waals surface area contributed by atoms with Crippen molar-refractivity contribution in [3.8, 4) is 17.0 Å². The van der Waals surface area contributed by atoms with Gasteiger partial charge in [-0.25, -0.2) is 28.7 Å². The van der Waals surface area contributed by atoms with Gasteiger partial charge in [0.15, 0.2) is 5.75 Å². The molecule has 0 spiro atoms. The summed E-state index contributed by atoms with van der Waals surface area (Å²) in [5, 5.41) is 11.5. The minimum absolute atomic E-state index is 0.0370. The number of morpholine rings is 1. The summed E-state index contributed by atoms with van der Waals surface area (Å²) < 4.78 is 40.3. The molecule has 1 fully saturated rings. The highest BCUT2D eigenvalue weighted by atomic mass is 19.1. The molecule has 0 saturated carbocycles. The smallest absolute Gasteiger partial charge is 0.161 e. The van der Waals surface area contributed by atoms with Gasteiger partial charge in [0.2, 0.25) is 0 Å². The number of nitrogens with zero attached hydrogens (tertiary/aromatic N) is 5. The minimum Gasteiger partial charge on any atom is -0.493 e. The maximum atomic E-state index is 15.0. The van der Waals surface area contributed by atoms with Gasteiger partial charge in [0, 0.05) is 41.4 Å². The molecule has 1 aliphatic heterocycles. The van der Waals surface area contributed by atoms with Crippen LogP contribution >= 0.6 is 0 Å². The van der Waals surface area contributed by atoms with E-state index >= 15 is 0 Å². The topological polar surface area (TPSA) is 93.5 Å². The molecule has 0 radical (unpaired) electrons. The molecule has 174 valence electrons. The zero-order valence-corrected chi connectivity index (χ0v) is 18.3. The second-order valence-electron chi connectivity index (χ2n) is 7.76. The van der Waals surface area contributed by atoms with E-state index in [0.717, 1.165) is 24.8 Å². The number of methoxy groups -OCH3 is 1. The SMILES string of the molecule is COc1cncnc1C(O)c1cc(-c2ncnc3cc(N4CCOCC4)ccc23)c(F)cc1F. The fraction of sp³-hybridized carbons (Fsp3) is 0.250. The van der Waals surface area contributed by atoms with Gasteiger partial charge in [-0.3, -0.25) is 0 Å². The van der Waals surface area contributed by atoms with Crippen molar-refractivity contribution >= 4 is 16.6 Å². The third-order valence-corrected chi connectivity index (χ3v) is 5.82. The lowest BCUT2D eigenvalue weighted by atomic mass is 9.98. The van der Waals surface area contributed by atoms with Crippen LogP contribution in [0, 0.1) is 11.6 Å². The Labute approximate surface area is 193 Å². The van der Waals surface area contributed by atoms with Crippen LogP contribution in [0.2, 0.25) is 0 Å². The number of rotatable bonds is 5. The first-order valence-corrected chi connectivity index (χ1v) is 10.7. The summed E-state index contributed by atoms with van der Waals surface area (Å²) >= 11 is 0. The number of fused-ring (bicyclic) bond motifs is 1. The van der Waals surface area contributed by atoms with Gasteiger partial charge in [-0.1, -0.05) is 0 Å². The van der Waals surface area contributed by atoms with E-state index in [9.17, 15) is 13.9 Å². The van der Waals surface area contributed by atoms with Crippen molar-refractivity contribution in [2.75, 3.05) is 38.3 Å². The molecule has 1 N–H and O–H groups in total. The lowest BCUT2D eigenvalue weighted by Gasteiger charge is -2.29. The number of hydrogen-bond donors (Lipinski definition) is 1. The highest BCUT2D eigenvalue weighted by molar-refractivity contribution is 5.94. The summed E-state index contributed by atoms with van der Waals surface area (Å²) in [6.07, 6.45) is 2.41. The molecule has 2 aromatic heterocycles. The van der Waals surface area contributed by atoms with Crippen molar-refractivity contribution in [1.29, 1.82) is 0 Å². The summed E-state index contributed by atoms with van der Waals surface area (Å²) in [4.78, 5) is 18.7. The fourth-order valence-corrected chi connectivity index (χ4v) is 4.07.